The minimum Gasteiger partial charge on any atom is -0.507 e. The second-order valence-electron chi connectivity index (χ2n) is 13.6. The summed E-state index contributed by atoms with van der Waals surface area (Å²) in [5.41, 5.74) is 8.93. The number of aryl methyl sites for hydroxylation is 2. The summed E-state index contributed by atoms with van der Waals surface area (Å²) in [5, 5.41) is 30.7. The third-order valence-electron chi connectivity index (χ3n) is 8.66. The summed E-state index contributed by atoms with van der Waals surface area (Å²) >= 11 is 0. The lowest BCUT2D eigenvalue weighted by Crippen LogP contribution is -2.26. The van der Waals surface area contributed by atoms with Crippen LogP contribution in [0.25, 0.3) is 0 Å². The molecule has 0 unspecified atom stereocenters. The Morgan fingerprint density at radius 2 is 1.33 bits per heavy atom. The Balaban J connectivity index is 2.92. The van der Waals surface area contributed by atoms with Gasteiger partial charge in [-0.25, -0.2) is 0 Å². The van der Waals surface area contributed by atoms with Crippen molar-refractivity contribution < 1.29 is 15.3 Å². The van der Waals surface area contributed by atoms with E-state index in [-0.39, 0.29) is 28.6 Å². The molecule has 0 saturated heterocycles. The maximum Gasteiger partial charge on any atom is 0.121 e. The Morgan fingerprint density at radius 3 is 1.83 bits per heavy atom. The Kier molecular flexibility index (Phi) is 11.1. The molecule has 0 fully saturated rings. The summed E-state index contributed by atoms with van der Waals surface area (Å²) in [6.07, 6.45) is 9.40. The topological polar surface area (TPSA) is 60.7 Å². The summed E-state index contributed by atoms with van der Waals surface area (Å²) in [6, 6.07) is 11.1. The minimum absolute atomic E-state index is 0.0245. The summed E-state index contributed by atoms with van der Waals surface area (Å²) in [6.45, 7) is 29.0. The molecule has 2 rings (SSSR count). The molecule has 0 aliphatic rings. The summed E-state index contributed by atoms with van der Waals surface area (Å²) in [4.78, 5) is 0. The van der Waals surface area contributed by atoms with Crippen molar-refractivity contribution in [3.05, 3.63) is 123 Å². The van der Waals surface area contributed by atoms with Crippen molar-refractivity contribution in [2.75, 3.05) is 6.61 Å². The summed E-state index contributed by atoms with van der Waals surface area (Å²) < 4.78 is 0. The Hall–Kier alpha value is -3.30. The van der Waals surface area contributed by atoms with E-state index in [0.717, 1.165) is 34.3 Å². The van der Waals surface area contributed by atoms with Crippen LogP contribution in [0.3, 0.4) is 0 Å². The highest BCUT2D eigenvalue weighted by Gasteiger charge is 2.32. The van der Waals surface area contributed by atoms with Gasteiger partial charge in [-0.1, -0.05) is 110 Å². The molecule has 228 valence electrons. The second kappa shape index (κ2) is 13.3. The number of hydrogen-bond acceptors (Lipinski definition) is 3. The van der Waals surface area contributed by atoms with Gasteiger partial charge < -0.3 is 15.3 Å². The first-order chi connectivity index (χ1) is 19.3. The quantitative estimate of drug-likeness (QED) is 0.186. The van der Waals surface area contributed by atoms with Crippen molar-refractivity contribution in [2.24, 2.45) is 0 Å². The number of phenols is 1. The lowest BCUT2D eigenvalue weighted by Gasteiger charge is -2.35. The van der Waals surface area contributed by atoms with Crippen LogP contribution in [0.1, 0.15) is 109 Å². The van der Waals surface area contributed by atoms with Gasteiger partial charge in [0.1, 0.15) is 11.5 Å². The van der Waals surface area contributed by atoms with Gasteiger partial charge in [0, 0.05) is 16.2 Å². The highest BCUT2D eigenvalue weighted by Crippen LogP contribution is 2.42. The fourth-order valence-electron chi connectivity index (χ4n) is 5.24. The predicted molar refractivity (Wildman–Crippen MR) is 181 cm³/mol. The van der Waals surface area contributed by atoms with E-state index < -0.39 is 0 Å². The summed E-state index contributed by atoms with van der Waals surface area (Å²) in [7, 11) is 0. The van der Waals surface area contributed by atoms with Crippen molar-refractivity contribution in [3.63, 3.8) is 0 Å². The monoisotopic (exact) mass is 570 g/mol. The van der Waals surface area contributed by atoms with Crippen LogP contribution in [0, 0.1) is 13.8 Å². The fourth-order valence-corrected chi connectivity index (χ4v) is 5.24. The predicted octanol–water partition coefficient (Wildman–Crippen LogP) is 10.1. The van der Waals surface area contributed by atoms with E-state index in [2.05, 4.69) is 104 Å². The molecule has 3 heteroatoms. The maximum absolute atomic E-state index is 10.5. The van der Waals surface area contributed by atoms with E-state index in [0.29, 0.717) is 11.3 Å². The molecule has 3 N–H and O–H groups in total. The smallest absolute Gasteiger partial charge is 0.121 e. The van der Waals surface area contributed by atoms with Crippen LogP contribution in [-0.4, -0.2) is 21.9 Å². The number of aliphatic hydroxyl groups excluding tert-OH is 2. The van der Waals surface area contributed by atoms with Crippen LogP contribution in [0.4, 0.5) is 0 Å². The number of rotatable bonds is 11. The average Bonchev–Trinajstić information content (AvgIpc) is 2.93. The van der Waals surface area contributed by atoms with Crippen LogP contribution in [-0.2, 0) is 16.2 Å². The molecule has 0 amide bonds. The molecule has 2 aromatic carbocycles. The van der Waals surface area contributed by atoms with Gasteiger partial charge in [0.2, 0.25) is 0 Å². The number of phenolic OH excluding ortho intramolecular Hbond substituents is 1. The molecule has 42 heavy (non-hydrogen) atoms. The van der Waals surface area contributed by atoms with Crippen LogP contribution in [0.5, 0.6) is 5.75 Å². The van der Waals surface area contributed by atoms with Gasteiger partial charge in [0.05, 0.1) is 6.61 Å². The van der Waals surface area contributed by atoms with Crippen LogP contribution in [0.2, 0.25) is 0 Å². The van der Waals surface area contributed by atoms with Crippen LogP contribution in [0.15, 0.2) is 89.3 Å². The van der Waals surface area contributed by atoms with E-state index in [1.807, 2.05) is 33.8 Å². The third-order valence-corrected chi connectivity index (χ3v) is 8.66. The van der Waals surface area contributed by atoms with E-state index in [1.54, 1.807) is 6.92 Å². The molecule has 0 spiro atoms. The van der Waals surface area contributed by atoms with Gasteiger partial charge in [0.25, 0.3) is 0 Å². The Morgan fingerprint density at radius 1 is 0.833 bits per heavy atom. The van der Waals surface area contributed by atoms with Crippen molar-refractivity contribution in [1.82, 2.24) is 0 Å². The van der Waals surface area contributed by atoms with Gasteiger partial charge in [-0.3, -0.25) is 0 Å². The first-order valence-electron chi connectivity index (χ1n) is 15.0. The molecule has 0 saturated carbocycles. The lowest BCUT2D eigenvalue weighted by atomic mass is 9.69. The zero-order valence-electron chi connectivity index (χ0n) is 28.2. The summed E-state index contributed by atoms with van der Waals surface area (Å²) in [5.74, 6) is 0.565. The number of hydrogen-bond donors (Lipinski definition) is 3. The zero-order chi connectivity index (χ0) is 32.2. The molecule has 0 bridgehead atoms. The lowest BCUT2D eigenvalue weighted by molar-refractivity contribution is 0.331. The van der Waals surface area contributed by atoms with Crippen molar-refractivity contribution in [2.45, 2.75) is 106 Å². The number of allylic oxidation sites excluding steroid dienone is 7. The van der Waals surface area contributed by atoms with Gasteiger partial charge in [-0.05, 0) is 96.7 Å². The Bertz CT molecular complexity index is 1410. The van der Waals surface area contributed by atoms with Gasteiger partial charge in [-0.2, -0.15) is 0 Å². The van der Waals surface area contributed by atoms with E-state index in [9.17, 15) is 15.3 Å². The molecule has 3 nitrogen and oxygen atoms in total. The maximum atomic E-state index is 10.5. The van der Waals surface area contributed by atoms with Gasteiger partial charge in [0.15, 0.2) is 0 Å². The van der Waals surface area contributed by atoms with E-state index in [4.69, 9.17) is 0 Å². The van der Waals surface area contributed by atoms with Crippen molar-refractivity contribution in [3.8, 4) is 5.75 Å². The molecule has 2 aromatic rings. The number of aliphatic hydroxyl groups is 2. The highest BCUT2D eigenvalue weighted by molar-refractivity contribution is 5.53. The SMILES string of the molecule is C=C(C)C(O)=C(C)C=CC(C)(C)c1cc(C(C)(C)C(C=C(C)CO)=CCC)cc(C(C)(C)c2cc(C)c(O)c(C)c2)c1. The largest absolute Gasteiger partial charge is 0.507 e. The van der Waals surface area contributed by atoms with Gasteiger partial charge in [-0.15, -0.1) is 0 Å². The third kappa shape index (κ3) is 7.75. The zero-order valence-corrected chi connectivity index (χ0v) is 28.2. The molecule has 0 aliphatic carbocycles. The minimum atomic E-state index is -0.347. The second-order valence-corrected chi connectivity index (χ2v) is 13.6. The molecular formula is C39H54O3. The average molecular weight is 571 g/mol. The van der Waals surface area contributed by atoms with Gasteiger partial charge >= 0.3 is 0 Å². The fraction of sp³-hybridized carbons (Fsp3) is 0.436. The molecule has 0 heterocycles. The van der Waals surface area contributed by atoms with Crippen LogP contribution >= 0.6 is 0 Å². The normalized spacial score (nSPS) is 14.4. The van der Waals surface area contributed by atoms with E-state index in [1.165, 1.54) is 22.3 Å². The molecule has 0 radical (unpaired) electrons. The molecule has 0 aromatic heterocycles. The molecule has 0 aliphatic heterocycles. The highest BCUT2D eigenvalue weighted by atomic mass is 16.3. The molecule has 0 atom stereocenters. The van der Waals surface area contributed by atoms with Crippen LogP contribution < -0.4 is 0 Å². The number of benzene rings is 2. The van der Waals surface area contributed by atoms with Crippen molar-refractivity contribution in [1.29, 1.82) is 0 Å². The standard InChI is InChI=1S/C39H54O3/c1-14-15-30(18-26(4)24-40)38(10,11)33-21-31(37(8,9)17-16-27(5)35(41)25(2)3)22-34(23-33)39(12,13)32-19-28(6)36(42)29(7)20-32/h15-23,40-42H,2,14,24H2,1,3-13H3. The molecular weight excluding hydrogens is 516 g/mol. The van der Waals surface area contributed by atoms with E-state index >= 15 is 0 Å². The first kappa shape index (κ1) is 34.9. The Labute approximate surface area is 255 Å². The number of aromatic hydroxyl groups is 1. The first-order valence-corrected chi connectivity index (χ1v) is 15.0. The van der Waals surface area contributed by atoms with Crippen molar-refractivity contribution >= 4 is 0 Å².